The molecule has 0 aromatic heterocycles. The molecule has 0 bridgehead atoms. The smallest absolute Gasteiger partial charge is 0.407 e. The second kappa shape index (κ2) is 10.6. The average molecular weight is 426 g/mol. The van der Waals surface area contributed by atoms with Crippen LogP contribution in [-0.4, -0.2) is 54.0 Å². The molecule has 0 aliphatic heterocycles. The van der Waals surface area contributed by atoms with Crippen LogP contribution >= 0.6 is 0 Å². The lowest BCUT2D eigenvalue weighted by Crippen LogP contribution is -2.43. The first-order valence-electron chi connectivity index (χ1n) is 10.2. The van der Waals surface area contributed by atoms with E-state index in [9.17, 15) is 14.4 Å². The monoisotopic (exact) mass is 426 g/mol. The van der Waals surface area contributed by atoms with Crippen molar-refractivity contribution in [2.75, 3.05) is 19.8 Å². The zero-order valence-corrected chi connectivity index (χ0v) is 17.0. The van der Waals surface area contributed by atoms with Crippen molar-refractivity contribution in [2.45, 2.75) is 31.2 Å². The van der Waals surface area contributed by atoms with Gasteiger partial charge in [0.1, 0.15) is 12.6 Å². The lowest BCUT2D eigenvalue weighted by Gasteiger charge is -2.14. The second-order valence-corrected chi connectivity index (χ2v) is 7.35. The number of carboxylic acids is 1. The van der Waals surface area contributed by atoms with Gasteiger partial charge in [-0.3, -0.25) is 4.79 Å². The highest BCUT2D eigenvalue weighted by molar-refractivity contribution is 5.83. The molecule has 8 heteroatoms. The molecule has 3 rings (SSSR count). The number of aliphatic hydroxyl groups is 1. The van der Waals surface area contributed by atoms with Gasteiger partial charge in [0, 0.05) is 18.9 Å². The van der Waals surface area contributed by atoms with Crippen LogP contribution in [0.2, 0.25) is 0 Å². The van der Waals surface area contributed by atoms with Crippen LogP contribution in [0.5, 0.6) is 0 Å². The minimum absolute atomic E-state index is 0.00412. The van der Waals surface area contributed by atoms with E-state index in [1.807, 2.05) is 24.3 Å². The molecule has 4 N–H and O–H groups in total. The van der Waals surface area contributed by atoms with Gasteiger partial charge in [0.05, 0.1) is 6.61 Å². The number of aliphatic carboxylic acids is 1. The predicted molar refractivity (Wildman–Crippen MR) is 114 cm³/mol. The zero-order valence-electron chi connectivity index (χ0n) is 17.0. The maximum Gasteiger partial charge on any atom is 0.407 e. The van der Waals surface area contributed by atoms with Crippen molar-refractivity contribution >= 4 is 18.0 Å². The second-order valence-electron chi connectivity index (χ2n) is 7.35. The highest BCUT2D eigenvalue weighted by atomic mass is 16.5. The number of aliphatic hydroxyl groups excluding tert-OH is 1. The molecule has 31 heavy (non-hydrogen) atoms. The zero-order chi connectivity index (χ0) is 22.2. The van der Waals surface area contributed by atoms with Crippen LogP contribution < -0.4 is 10.6 Å². The molecule has 1 atom stereocenters. The van der Waals surface area contributed by atoms with Gasteiger partial charge in [-0.2, -0.15) is 0 Å². The number of hydrogen-bond donors (Lipinski definition) is 4. The van der Waals surface area contributed by atoms with Gasteiger partial charge in [0.2, 0.25) is 5.91 Å². The lowest BCUT2D eigenvalue weighted by molar-refractivity contribution is -0.142. The van der Waals surface area contributed by atoms with Gasteiger partial charge < -0.3 is 25.6 Å². The summed E-state index contributed by atoms with van der Waals surface area (Å²) in [7, 11) is 0. The Balaban J connectivity index is 1.39. The maximum absolute atomic E-state index is 12.1. The molecule has 1 aliphatic rings. The number of unbranched alkanes of at least 4 members (excludes halogenated alkanes) is 1. The predicted octanol–water partition coefficient (Wildman–Crippen LogP) is 2.26. The number of rotatable bonds is 10. The molecule has 0 fully saturated rings. The van der Waals surface area contributed by atoms with E-state index >= 15 is 0 Å². The normalized spacial score (nSPS) is 13.1. The van der Waals surface area contributed by atoms with E-state index in [2.05, 4.69) is 34.9 Å². The van der Waals surface area contributed by atoms with Crippen molar-refractivity contribution in [2.24, 2.45) is 0 Å². The Bertz CT molecular complexity index is 900. The standard InChI is InChI=1S/C23H26N2O6/c26-13-20(22(28)29)25-21(27)11-5-6-12-24-23(30)31-14-19-17-9-3-1-7-15(17)16-8-2-4-10-18(16)19/h1-4,7-10,19-20,26H,5-6,11-14H2,(H,24,30)(H,25,27)(H,28,29). The number of hydrogen-bond acceptors (Lipinski definition) is 5. The summed E-state index contributed by atoms with van der Waals surface area (Å²) in [4.78, 5) is 34.5. The molecule has 0 saturated heterocycles. The minimum atomic E-state index is -1.30. The topological polar surface area (TPSA) is 125 Å². The molecule has 8 nitrogen and oxygen atoms in total. The third-order valence-electron chi connectivity index (χ3n) is 5.26. The van der Waals surface area contributed by atoms with E-state index in [1.165, 1.54) is 0 Å². The number of carbonyl (C=O) groups is 3. The van der Waals surface area contributed by atoms with Crippen molar-refractivity contribution < 1.29 is 29.3 Å². The Kier molecular flexibility index (Phi) is 7.61. The van der Waals surface area contributed by atoms with Gasteiger partial charge in [-0.05, 0) is 35.1 Å². The largest absolute Gasteiger partial charge is 0.480 e. The minimum Gasteiger partial charge on any atom is -0.480 e. The first kappa shape index (κ1) is 22.3. The van der Waals surface area contributed by atoms with Gasteiger partial charge >= 0.3 is 12.1 Å². The molecule has 0 heterocycles. The number of amides is 2. The van der Waals surface area contributed by atoms with Crippen LogP contribution in [0.4, 0.5) is 4.79 Å². The Morgan fingerprint density at radius 1 is 0.968 bits per heavy atom. The average Bonchev–Trinajstić information content (AvgIpc) is 3.09. The van der Waals surface area contributed by atoms with Crippen LogP contribution in [0.1, 0.15) is 36.3 Å². The molecule has 0 radical (unpaired) electrons. The van der Waals surface area contributed by atoms with Crippen LogP contribution in [-0.2, 0) is 14.3 Å². The highest BCUT2D eigenvalue weighted by Gasteiger charge is 2.28. The Morgan fingerprint density at radius 2 is 1.58 bits per heavy atom. The molecular weight excluding hydrogens is 400 g/mol. The van der Waals surface area contributed by atoms with E-state index in [4.69, 9.17) is 14.9 Å². The molecule has 1 unspecified atom stereocenters. The Morgan fingerprint density at radius 3 is 2.16 bits per heavy atom. The molecule has 2 aromatic carbocycles. The summed E-state index contributed by atoms with van der Waals surface area (Å²) in [6.45, 7) is -0.0866. The summed E-state index contributed by atoms with van der Waals surface area (Å²) < 4.78 is 5.44. The summed E-state index contributed by atoms with van der Waals surface area (Å²) in [5.41, 5.74) is 4.61. The van der Waals surface area contributed by atoms with E-state index in [1.54, 1.807) is 0 Å². The van der Waals surface area contributed by atoms with Gasteiger partial charge in [-0.25, -0.2) is 9.59 Å². The van der Waals surface area contributed by atoms with Crippen molar-refractivity contribution in [3.63, 3.8) is 0 Å². The molecule has 1 aliphatic carbocycles. The van der Waals surface area contributed by atoms with Gasteiger partial charge in [0.25, 0.3) is 0 Å². The fraction of sp³-hybridized carbons (Fsp3) is 0.348. The van der Waals surface area contributed by atoms with Crippen molar-refractivity contribution in [1.29, 1.82) is 0 Å². The van der Waals surface area contributed by atoms with Crippen molar-refractivity contribution in [3.8, 4) is 11.1 Å². The number of carbonyl (C=O) groups excluding carboxylic acids is 2. The lowest BCUT2D eigenvalue weighted by atomic mass is 9.98. The third-order valence-corrected chi connectivity index (χ3v) is 5.26. The summed E-state index contributed by atoms with van der Waals surface area (Å²) in [6.07, 6.45) is 0.593. The summed E-state index contributed by atoms with van der Waals surface area (Å²) >= 11 is 0. The quantitative estimate of drug-likeness (QED) is 0.432. The van der Waals surface area contributed by atoms with Crippen LogP contribution in [0.3, 0.4) is 0 Å². The highest BCUT2D eigenvalue weighted by Crippen LogP contribution is 2.44. The van der Waals surface area contributed by atoms with Gasteiger partial charge in [0.15, 0.2) is 0 Å². The number of benzene rings is 2. The summed E-state index contributed by atoms with van der Waals surface area (Å²) in [5, 5.41) is 22.6. The molecule has 0 spiro atoms. The van der Waals surface area contributed by atoms with Gasteiger partial charge in [-0.1, -0.05) is 48.5 Å². The van der Waals surface area contributed by atoms with Crippen molar-refractivity contribution in [3.05, 3.63) is 59.7 Å². The molecule has 2 aromatic rings. The number of carboxylic acid groups (broad SMARTS) is 1. The van der Waals surface area contributed by atoms with Crippen LogP contribution in [0, 0.1) is 0 Å². The number of ether oxygens (including phenoxy) is 1. The van der Waals surface area contributed by atoms with Gasteiger partial charge in [-0.15, -0.1) is 0 Å². The Hall–Kier alpha value is -3.39. The summed E-state index contributed by atoms with van der Waals surface area (Å²) in [5.74, 6) is -1.74. The van der Waals surface area contributed by atoms with Crippen molar-refractivity contribution in [1.82, 2.24) is 10.6 Å². The van der Waals surface area contributed by atoms with Crippen LogP contribution in [0.25, 0.3) is 11.1 Å². The summed E-state index contributed by atoms with van der Waals surface area (Å²) in [6, 6.07) is 14.9. The fourth-order valence-electron chi connectivity index (χ4n) is 3.70. The number of fused-ring (bicyclic) bond motifs is 3. The number of nitrogens with one attached hydrogen (secondary N) is 2. The third kappa shape index (κ3) is 5.61. The molecule has 0 saturated carbocycles. The SMILES string of the molecule is O=C(CCCCNC(=O)OCC1c2ccccc2-c2ccccc21)NC(CO)C(=O)O. The molecular formula is C23H26N2O6. The van der Waals surface area contributed by atoms with E-state index < -0.39 is 30.6 Å². The number of alkyl carbamates (subject to hydrolysis) is 1. The molecule has 2 amide bonds. The first-order chi connectivity index (χ1) is 15.0. The molecule has 164 valence electrons. The van der Waals surface area contributed by atoms with E-state index in [0.29, 0.717) is 19.4 Å². The van der Waals surface area contributed by atoms with E-state index in [-0.39, 0.29) is 18.9 Å². The Labute approximate surface area is 180 Å². The first-order valence-corrected chi connectivity index (χ1v) is 10.2. The van der Waals surface area contributed by atoms with E-state index in [0.717, 1.165) is 22.3 Å². The fourth-order valence-corrected chi connectivity index (χ4v) is 3.70. The maximum atomic E-state index is 12.1. The van der Waals surface area contributed by atoms with Crippen LogP contribution in [0.15, 0.2) is 48.5 Å².